The minimum Gasteiger partial charge on any atom is -0.332 e. The summed E-state index contributed by atoms with van der Waals surface area (Å²) in [7, 11) is 0. The third-order valence-corrected chi connectivity index (χ3v) is 4.68. The lowest BCUT2D eigenvalue weighted by atomic mass is 10.1. The minimum atomic E-state index is 0.524. The molecule has 0 saturated carbocycles. The van der Waals surface area contributed by atoms with E-state index in [4.69, 9.17) is 23.8 Å². The van der Waals surface area contributed by atoms with E-state index in [0.29, 0.717) is 10.1 Å². The highest BCUT2D eigenvalue weighted by molar-refractivity contribution is 7.80. The number of thiazole rings is 1. The number of aromatic nitrogens is 1. The van der Waals surface area contributed by atoms with Crippen LogP contribution in [0.1, 0.15) is 12.5 Å². The highest BCUT2D eigenvalue weighted by Gasteiger charge is 2.09. The monoisotopic (exact) mass is 347 g/mol. The van der Waals surface area contributed by atoms with Gasteiger partial charge in [0.15, 0.2) is 10.2 Å². The molecule has 3 aromatic rings. The topological polar surface area (TPSA) is 37.0 Å². The van der Waals surface area contributed by atoms with Crippen LogP contribution in [0.15, 0.2) is 42.5 Å². The van der Waals surface area contributed by atoms with Gasteiger partial charge in [-0.05, 0) is 42.4 Å². The third kappa shape index (κ3) is 3.21. The number of fused-ring (bicyclic) bond motifs is 1. The summed E-state index contributed by atoms with van der Waals surface area (Å²) < 4.78 is 1.03. The van der Waals surface area contributed by atoms with Crippen LogP contribution in [0.4, 0.5) is 10.8 Å². The van der Waals surface area contributed by atoms with Gasteiger partial charge in [0.1, 0.15) is 5.52 Å². The fourth-order valence-electron chi connectivity index (χ4n) is 2.17. The Hall–Kier alpha value is -1.69. The summed E-state index contributed by atoms with van der Waals surface area (Å²) in [5.41, 5.74) is 3.04. The molecule has 0 spiro atoms. The van der Waals surface area contributed by atoms with Crippen molar-refractivity contribution in [2.45, 2.75) is 13.3 Å². The van der Waals surface area contributed by atoms with Crippen molar-refractivity contribution < 1.29 is 0 Å². The van der Waals surface area contributed by atoms with Gasteiger partial charge >= 0.3 is 0 Å². The van der Waals surface area contributed by atoms with Crippen LogP contribution in [0, 0.1) is 0 Å². The van der Waals surface area contributed by atoms with Crippen LogP contribution >= 0.6 is 35.2 Å². The normalized spacial score (nSPS) is 10.6. The summed E-state index contributed by atoms with van der Waals surface area (Å²) >= 11 is 13.0. The fourth-order valence-corrected chi connectivity index (χ4v) is 3.61. The number of nitrogens with zero attached hydrogens (tertiary/aromatic N) is 1. The van der Waals surface area contributed by atoms with Crippen molar-refractivity contribution in [2.75, 3.05) is 10.6 Å². The van der Waals surface area contributed by atoms with E-state index < -0.39 is 0 Å². The SMILES string of the molecule is CCc1ccccc1NC(=S)Nc1nc2c(Cl)cccc2s1. The Morgan fingerprint density at radius 3 is 2.77 bits per heavy atom. The summed E-state index contributed by atoms with van der Waals surface area (Å²) in [5.74, 6) is 0. The highest BCUT2D eigenvalue weighted by atomic mass is 35.5. The van der Waals surface area contributed by atoms with Gasteiger partial charge in [-0.2, -0.15) is 0 Å². The van der Waals surface area contributed by atoms with Crippen molar-refractivity contribution in [1.82, 2.24) is 4.98 Å². The van der Waals surface area contributed by atoms with E-state index in [9.17, 15) is 0 Å². The van der Waals surface area contributed by atoms with Gasteiger partial charge in [-0.25, -0.2) is 4.98 Å². The zero-order chi connectivity index (χ0) is 15.5. The van der Waals surface area contributed by atoms with E-state index in [-0.39, 0.29) is 0 Å². The molecule has 1 aromatic heterocycles. The van der Waals surface area contributed by atoms with Crippen molar-refractivity contribution in [3.05, 3.63) is 53.1 Å². The molecule has 0 unspecified atom stereocenters. The molecule has 0 saturated heterocycles. The largest absolute Gasteiger partial charge is 0.332 e. The van der Waals surface area contributed by atoms with Gasteiger partial charge in [-0.1, -0.05) is 54.1 Å². The molecule has 0 aliphatic heterocycles. The Kier molecular flexibility index (Phi) is 4.57. The van der Waals surface area contributed by atoms with Gasteiger partial charge < -0.3 is 10.6 Å². The Morgan fingerprint density at radius 1 is 1.18 bits per heavy atom. The Balaban J connectivity index is 1.77. The van der Waals surface area contributed by atoms with Crippen LogP contribution < -0.4 is 10.6 Å². The van der Waals surface area contributed by atoms with Gasteiger partial charge in [-0.3, -0.25) is 0 Å². The van der Waals surface area contributed by atoms with Crippen molar-refractivity contribution >= 4 is 61.3 Å². The van der Waals surface area contributed by atoms with Gasteiger partial charge in [0.25, 0.3) is 0 Å². The molecule has 0 aliphatic carbocycles. The first-order valence-corrected chi connectivity index (χ1v) is 8.48. The van der Waals surface area contributed by atoms with Crippen molar-refractivity contribution in [2.24, 2.45) is 0 Å². The first kappa shape index (κ1) is 15.2. The second-order valence-electron chi connectivity index (χ2n) is 4.70. The maximum atomic E-state index is 6.14. The third-order valence-electron chi connectivity index (χ3n) is 3.24. The van der Waals surface area contributed by atoms with Crippen LogP contribution in [0.3, 0.4) is 0 Å². The molecule has 0 amide bonds. The second-order valence-corrected chi connectivity index (χ2v) is 6.54. The zero-order valence-corrected chi connectivity index (χ0v) is 14.3. The smallest absolute Gasteiger partial charge is 0.190 e. The molecule has 0 fully saturated rings. The lowest BCUT2D eigenvalue weighted by molar-refractivity contribution is 1.14. The molecule has 0 bridgehead atoms. The van der Waals surface area contributed by atoms with Crippen molar-refractivity contribution in [3.63, 3.8) is 0 Å². The van der Waals surface area contributed by atoms with Crippen molar-refractivity contribution in [1.29, 1.82) is 0 Å². The van der Waals surface area contributed by atoms with E-state index in [1.54, 1.807) is 0 Å². The summed E-state index contributed by atoms with van der Waals surface area (Å²) in [6.45, 7) is 2.12. The van der Waals surface area contributed by atoms with Gasteiger partial charge in [0.05, 0.1) is 9.72 Å². The van der Waals surface area contributed by atoms with Crippen LogP contribution in [0.5, 0.6) is 0 Å². The summed E-state index contributed by atoms with van der Waals surface area (Å²) in [6.07, 6.45) is 0.947. The highest BCUT2D eigenvalue weighted by Crippen LogP contribution is 2.30. The molecule has 6 heteroatoms. The standard InChI is InChI=1S/C16H14ClN3S2/c1-2-10-6-3-4-8-12(10)18-15(21)20-16-19-14-11(17)7-5-9-13(14)22-16/h3-9H,2H2,1H3,(H2,18,19,20,21). The number of para-hydroxylation sites is 2. The number of hydrogen-bond donors (Lipinski definition) is 2. The molecule has 3 nitrogen and oxygen atoms in total. The van der Waals surface area contributed by atoms with Gasteiger partial charge in [-0.15, -0.1) is 0 Å². The number of anilines is 2. The van der Waals surface area contributed by atoms with Gasteiger partial charge in [0.2, 0.25) is 0 Å². The number of aryl methyl sites for hydroxylation is 1. The number of halogens is 1. The molecule has 0 radical (unpaired) electrons. The number of benzene rings is 2. The number of nitrogens with one attached hydrogen (secondary N) is 2. The number of rotatable bonds is 3. The number of hydrogen-bond acceptors (Lipinski definition) is 3. The van der Waals surface area contributed by atoms with E-state index in [1.165, 1.54) is 16.9 Å². The maximum absolute atomic E-state index is 6.14. The number of thiocarbonyl (C=S) groups is 1. The molecular weight excluding hydrogens is 334 g/mol. The molecule has 22 heavy (non-hydrogen) atoms. The first-order valence-electron chi connectivity index (χ1n) is 6.88. The Bertz CT molecular complexity index is 829. The Labute approximate surface area is 143 Å². The summed E-state index contributed by atoms with van der Waals surface area (Å²) in [5, 5.41) is 8.26. The molecule has 2 N–H and O–H groups in total. The molecule has 2 aromatic carbocycles. The van der Waals surface area contributed by atoms with Crippen LogP contribution in [0.2, 0.25) is 5.02 Å². The average Bonchev–Trinajstić information content (AvgIpc) is 2.91. The second kappa shape index (κ2) is 6.60. The predicted octanol–water partition coefficient (Wildman–Crippen LogP) is 5.32. The average molecular weight is 348 g/mol. The molecule has 112 valence electrons. The molecule has 0 atom stereocenters. The van der Waals surface area contributed by atoms with Crippen LogP contribution in [0.25, 0.3) is 10.2 Å². The van der Waals surface area contributed by atoms with Gasteiger partial charge in [0, 0.05) is 5.69 Å². The maximum Gasteiger partial charge on any atom is 0.190 e. The first-order chi connectivity index (χ1) is 10.7. The van der Waals surface area contributed by atoms with Crippen molar-refractivity contribution in [3.8, 4) is 0 Å². The quantitative estimate of drug-likeness (QED) is 0.628. The molecule has 1 heterocycles. The summed E-state index contributed by atoms with van der Waals surface area (Å²) in [4.78, 5) is 4.48. The summed E-state index contributed by atoms with van der Waals surface area (Å²) in [6, 6.07) is 13.9. The zero-order valence-electron chi connectivity index (χ0n) is 11.9. The van der Waals surface area contributed by atoms with Crippen LogP contribution in [-0.2, 0) is 6.42 Å². The molecular formula is C16H14ClN3S2. The minimum absolute atomic E-state index is 0.524. The van der Waals surface area contributed by atoms with Crippen LogP contribution in [-0.4, -0.2) is 10.1 Å². The Morgan fingerprint density at radius 2 is 2.00 bits per heavy atom. The predicted molar refractivity (Wildman–Crippen MR) is 100 cm³/mol. The lowest BCUT2D eigenvalue weighted by Crippen LogP contribution is -2.19. The van der Waals surface area contributed by atoms with E-state index in [0.717, 1.165) is 27.5 Å². The van der Waals surface area contributed by atoms with E-state index in [1.807, 2.05) is 36.4 Å². The lowest BCUT2D eigenvalue weighted by Gasteiger charge is -2.11. The van der Waals surface area contributed by atoms with E-state index >= 15 is 0 Å². The molecule has 0 aliphatic rings. The van der Waals surface area contributed by atoms with E-state index in [2.05, 4.69) is 28.6 Å². The fraction of sp³-hybridized carbons (Fsp3) is 0.125. The molecule has 3 rings (SSSR count).